The summed E-state index contributed by atoms with van der Waals surface area (Å²) < 4.78 is 44.1. The van der Waals surface area contributed by atoms with Gasteiger partial charge in [0.1, 0.15) is 12.4 Å². The predicted molar refractivity (Wildman–Crippen MR) is 93.9 cm³/mol. The van der Waals surface area contributed by atoms with Gasteiger partial charge in [-0.3, -0.25) is 14.6 Å². The monoisotopic (exact) mass is 396 g/mol. The lowest BCUT2D eigenvalue weighted by Crippen LogP contribution is -2.45. The zero-order valence-electron chi connectivity index (χ0n) is 14.5. The van der Waals surface area contributed by atoms with Crippen LogP contribution in [0.1, 0.15) is 18.4 Å². The van der Waals surface area contributed by atoms with Crippen LogP contribution in [0.15, 0.2) is 24.3 Å². The van der Waals surface area contributed by atoms with Gasteiger partial charge in [-0.05, 0) is 45.1 Å². The Hall–Kier alpha value is -1.51. The maximum absolute atomic E-state index is 12.9. The van der Waals surface area contributed by atoms with Crippen molar-refractivity contribution in [3.05, 3.63) is 29.8 Å². The number of para-hydroxylation sites is 1. The molecule has 1 heterocycles. The van der Waals surface area contributed by atoms with E-state index in [9.17, 15) is 18.0 Å². The largest absolute Gasteiger partial charge is 0.492 e. The number of rotatable bonds is 7. The number of likely N-dealkylation sites (N-methyl/N-ethyl adjacent to an activating group) is 1. The van der Waals surface area contributed by atoms with Crippen LogP contribution in [-0.2, 0) is 11.0 Å². The molecule has 148 valence electrons. The van der Waals surface area contributed by atoms with E-state index < -0.39 is 17.7 Å². The average molecular weight is 397 g/mol. The van der Waals surface area contributed by atoms with Gasteiger partial charge in [0, 0.05) is 12.6 Å². The number of hydrogen-bond donors (Lipinski definition) is 1. The van der Waals surface area contributed by atoms with E-state index >= 15 is 0 Å². The Morgan fingerprint density at radius 2 is 1.92 bits per heavy atom. The second-order valence-electron chi connectivity index (χ2n) is 6.22. The Labute approximate surface area is 157 Å². The van der Waals surface area contributed by atoms with Crippen molar-refractivity contribution in [1.29, 1.82) is 0 Å². The SMILES string of the molecule is CN(CC(=O)O)C1CCN(CCOc2ccccc2C(F)(F)F)CC1.Cl. The van der Waals surface area contributed by atoms with Gasteiger partial charge in [0.05, 0.1) is 12.1 Å². The fourth-order valence-corrected chi connectivity index (χ4v) is 3.04. The summed E-state index contributed by atoms with van der Waals surface area (Å²) in [4.78, 5) is 14.7. The van der Waals surface area contributed by atoms with Crippen LogP contribution in [-0.4, -0.2) is 66.8 Å². The predicted octanol–water partition coefficient (Wildman–Crippen LogP) is 2.99. The minimum Gasteiger partial charge on any atom is -0.492 e. The molecule has 0 spiro atoms. The quantitative estimate of drug-likeness (QED) is 0.768. The number of piperidine rings is 1. The van der Waals surface area contributed by atoms with E-state index in [0.717, 1.165) is 32.0 Å². The molecule has 26 heavy (non-hydrogen) atoms. The highest BCUT2D eigenvalue weighted by Crippen LogP contribution is 2.35. The summed E-state index contributed by atoms with van der Waals surface area (Å²) in [5.41, 5.74) is -0.760. The van der Waals surface area contributed by atoms with Gasteiger partial charge in [-0.25, -0.2) is 0 Å². The molecule has 0 amide bonds. The number of ether oxygens (including phenoxy) is 1. The lowest BCUT2D eigenvalue weighted by atomic mass is 10.0. The van der Waals surface area contributed by atoms with Gasteiger partial charge in [0.15, 0.2) is 0 Å². The molecular weight excluding hydrogens is 373 g/mol. The first-order valence-corrected chi connectivity index (χ1v) is 8.21. The van der Waals surface area contributed by atoms with Crippen LogP contribution in [0.25, 0.3) is 0 Å². The highest BCUT2D eigenvalue weighted by atomic mass is 35.5. The fourth-order valence-electron chi connectivity index (χ4n) is 3.04. The molecule has 0 aromatic heterocycles. The number of carboxylic acids is 1. The van der Waals surface area contributed by atoms with Gasteiger partial charge in [-0.2, -0.15) is 13.2 Å². The first kappa shape index (κ1) is 22.5. The second-order valence-corrected chi connectivity index (χ2v) is 6.22. The summed E-state index contributed by atoms with van der Waals surface area (Å²) in [7, 11) is 1.80. The van der Waals surface area contributed by atoms with Gasteiger partial charge in [0.2, 0.25) is 0 Å². The number of alkyl halides is 3. The number of hydrogen-bond acceptors (Lipinski definition) is 4. The molecule has 1 saturated heterocycles. The van der Waals surface area contributed by atoms with Crippen molar-refractivity contribution in [3.8, 4) is 5.75 Å². The molecule has 2 rings (SSSR count). The van der Waals surface area contributed by atoms with Crippen LogP contribution in [0.2, 0.25) is 0 Å². The molecule has 1 fully saturated rings. The van der Waals surface area contributed by atoms with Crippen molar-refractivity contribution in [2.75, 3.05) is 39.8 Å². The third-order valence-corrected chi connectivity index (χ3v) is 4.42. The highest BCUT2D eigenvalue weighted by molar-refractivity contribution is 5.85. The summed E-state index contributed by atoms with van der Waals surface area (Å²) >= 11 is 0. The summed E-state index contributed by atoms with van der Waals surface area (Å²) in [5.74, 6) is -0.993. The molecule has 0 atom stereocenters. The van der Waals surface area contributed by atoms with Crippen molar-refractivity contribution in [1.82, 2.24) is 9.80 Å². The van der Waals surface area contributed by atoms with Crippen LogP contribution in [0.3, 0.4) is 0 Å². The molecule has 1 aliphatic rings. The zero-order chi connectivity index (χ0) is 18.4. The van der Waals surface area contributed by atoms with Crippen molar-refractivity contribution < 1.29 is 27.8 Å². The van der Waals surface area contributed by atoms with Gasteiger partial charge in [0.25, 0.3) is 0 Å². The van der Waals surface area contributed by atoms with Crippen LogP contribution < -0.4 is 4.74 Å². The lowest BCUT2D eigenvalue weighted by molar-refractivity contribution is -0.139. The summed E-state index contributed by atoms with van der Waals surface area (Å²) in [6.07, 6.45) is -2.75. The Morgan fingerprint density at radius 3 is 2.50 bits per heavy atom. The van der Waals surface area contributed by atoms with Gasteiger partial charge in [-0.15, -0.1) is 12.4 Å². The summed E-state index contributed by atoms with van der Waals surface area (Å²) in [5, 5.41) is 8.82. The lowest BCUT2D eigenvalue weighted by Gasteiger charge is -2.36. The second kappa shape index (κ2) is 9.99. The Morgan fingerprint density at radius 1 is 1.31 bits per heavy atom. The van der Waals surface area contributed by atoms with Crippen molar-refractivity contribution in [2.45, 2.75) is 25.1 Å². The van der Waals surface area contributed by atoms with E-state index in [1.54, 1.807) is 7.05 Å². The number of aliphatic carboxylic acids is 1. The first-order valence-electron chi connectivity index (χ1n) is 8.21. The molecule has 0 bridgehead atoms. The van der Waals surface area contributed by atoms with Crippen molar-refractivity contribution >= 4 is 18.4 Å². The number of benzene rings is 1. The molecule has 0 aliphatic carbocycles. The van der Waals surface area contributed by atoms with Crippen LogP contribution in [0.5, 0.6) is 5.75 Å². The zero-order valence-corrected chi connectivity index (χ0v) is 15.4. The van der Waals surface area contributed by atoms with E-state index in [0.29, 0.717) is 6.54 Å². The first-order chi connectivity index (χ1) is 11.8. The molecule has 1 N–H and O–H groups in total. The smallest absolute Gasteiger partial charge is 0.419 e. The molecule has 1 aliphatic heterocycles. The molecule has 0 unspecified atom stereocenters. The van der Waals surface area contributed by atoms with E-state index in [1.165, 1.54) is 18.2 Å². The van der Waals surface area contributed by atoms with Crippen molar-refractivity contribution in [2.24, 2.45) is 0 Å². The maximum atomic E-state index is 12.9. The number of likely N-dealkylation sites (tertiary alicyclic amines) is 1. The van der Waals surface area contributed by atoms with Gasteiger partial charge in [-0.1, -0.05) is 12.1 Å². The third kappa shape index (κ3) is 6.66. The highest BCUT2D eigenvalue weighted by Gasteiger charge is 2.34. The molecule has 9 heteroatoms. The van der Waals surface area contributed by atoms with Gasteiger partial charge < -0.3 is 9.84 Å². The van der Waals surface area contributed by atoms with Crippen LogP contribution in [0.4, 0.5) is 13.2 Å². The maximum Gasteiger partial charge on any atom is 0.419 e. The van der Waals surface area contributed by atoms with E-state index in [2.05, 4.69) is 4.90 Å². The molecule has 1 aromatic rings. The Kier molecular flexibility index (Phi) is 8.66. The minimum atomic E-state index is -4.43. The molecule has 1 aromatic carbocycles. The number of carboxylic acid groups (broad SMARTS) is 1. The third-order valence-electron chi connectivity index (χ3n) is 4.42. The number of halogens is 4. The molecule has 5 nitrogen and oxygen atoms in total. The Bertz CT molecular complexity index is 579. The topological polar surface area (TPSA) is 53.0 Å². The standard InChI is InChI=1S/C17H23F3N2O3.ClH/c1-21(12-16(23)24)13-6-8-22(9-7-13)10-11-25-15-5-3-2-4-14(15)17(18,19)20;/h2-5,13H,6-12H2,1H3,(H,23,24);1H. The normalized spacial score (nSPS) is 16.3. The van der Waals surface area contributed by atoms with Crippen LogP contribution in [0, 0.1) is 0 Å². The molecule has 0 radical (unpaired) electrons. The van der Waals surface area contributed by atoms with E-state index in [-0.39, 0.29) is 37.4 Å². The molecular formula is C17H24ClF3N2O3. The number of carbonyl (C=O) groups is 1. The van der Waals surface area contributed by atoms with Crippen molar-refractivity contribution in [3.63, 3.8) is 0 Å². The molecule has 0 saturated carbocycles. The fraction of sp³-hybridized carbons (Fsp3) is 0.588. The van der Waals surface area contributed by atoms with E-state index in [1.807, 2.05) is 4.90 Å². The average Bonchev–Trinajstić information content (AvgIpc) is 2.54. The summed E-state index contributed by atoms with van der Waals surface area (Å²) in [6, 6.07) is 5.43. The Balaban J connectivity index is 0.00000338. The van der Waals surface area contributed by atoms with E-state index in [4.69, 9.17) is 9.84 Å². The van der Waals surface area contributed by atoms with Gasteiger partial charge >= 0.3 is 12.1 Å². The van der Waals surface area contributed by atoms with Crippen LogP contribution >= 0.6 is 12.4 Å². The summed E-state index contributed by atoms with van der Waals surface area (Å²) in [6.45, 7) is 2.30. The number of nitrogens with zero attached hydrogens (tertiary/aromatic N) is 2. The minimum absolute atomic E-state index is 0.